The number of hydrogen-bond acceptors (Lipinski definition) is 6. The summed E-state index contributed by atoms with van der Waals surface area (Å²) in [6, 6.07) is 16.8. The van der Waals surface area contributed by atoms with Crippen LogP contribution in [0.4, 0.5) is 0 Å². The number of aryl methyl sites for hydroxylation is 1. The third-order valence-corrected chi connectivity index (χ3v) is 5.80. The van der Waals surface area contributed by atoms with E-state index >= 15 is 0 Å². The minimum atomic E-state index is -0.192. The van der Waals surface area contributed by atoms with Gasteiger partial charge >= 0.3 is 0 Å². The van der Waals surface area contributed by atoms with Gasteiger partial charge in [-0.15, -0.1) is 0 Å². The number of rotatable bonds is 6. The van der Waals surface area contributed by atoms with Crippen LogP contribution in [0, 0.1) is 6.92 Å². The van der Waals surface area contributed by atoms with Crippen molar-refractivity contribution < 1.29 is 9.15 Å². The molecule has 4 aromatic rings. The number of nitrogens with one attached hydrogen (secondary N) is 1. The third kappa shape index (κ3) is 4.49. The molecule has 0 saturated heterocycles. The largest absolute Gasteiger partial charge is 0.496 e. The molecule has 0 radical (unpaired) electrons. The molecule has 0 saturated carbocycles. The van der Waals surface area contributed by atoms with Crippen LogP contribution < -0.4 is 10.3 Å². The molecular weight excluding hydrogens is 466 g/mol. The first-order valence-electron chi connectivity index (χ1n) is 9.13. The fourth-order valence-corrected chi connectivity index (χ4v) is 4.16. The van der Waals surface area contributed by atoms with Crippen molar-refractivity contribution in [2.45, 2.75) is 17.8 Å². The molecule has 2 heterocycles. The first-order chi connectivity index (χ1) is 14.5. The molecule has 0 unspecified atom stereocenters. The van der Waals surface area contributed by atoms with Gasteiger partial charge in [0, 0.05) is 21.9 Å². The zero-order valence-electron chi connectivity index (χ0n) is 16.3. The molecular formula is C22H18BrN3O3S. The highest BCUT2D eigenvalue weighted by atomic mass is 79.9. The summed E-state index contributed by atoms with van der Waals surface area (Å²) in [6.45, 7) is 1.87. The van der Waals surface area contributed by atoms with Crippen molar-refractivity contribution in [3.8, 4) is 28.5 Å². The number of H-pyrrole nitrogens is 1. The van der Waals surface area contributed by atoms with Gasteiger partial charge in [-0.3, -0.25) is 4.79 Å². The van der Waals surface area contributed by atoms with E-state index in [1.807, 2.05) is 55.5 Å². The minimum Gasteiger partial charge on any atom is -0.496 e. The van der Waals surface area contributed by atoms with Crippen molar-refractivity contribution >= 4 is 27.7 Å². The van der Waals surface area contributed by atoms with Gasteiger partial charge in [0.15, 0.2) is 5.16 Å². The van der Waals surface area contributed by atoms with Gasteiger partial charge in [-0.1, -0.05) is 58.0 Å². The third-order valence-electron chi connectivity index (χ3n) is 4.42. The SMILES string of the molecule is COc1ccc(Br)cc1-c1nc(CSc2nc(-c3ccccc3)cc(=O)[nH]2)c(C)o1. The Kier molecular flexibility index (Phi) is 6.06. The maximum absolute atomic E-state index is 12.1. The van der Waals surface area contributed by atoms with E-state index in [1.54, 1.807) is 7.11 Å². The van der Waals surface area contributed by atoms with E-state index in [0.29, 0.717) is 34.0 Å². The molecule has 2 aromatic carbocycles. The number of oxazole rings is 1. The summed E-state index contributed by atoms with van der Waals surface area (Å²) in [7, 11) is 1.61. The lowest BCUT2D eigenvalue weighted by Gasteiger charge is -2.05. The molecule has 0 spiro atoms. The topological polar surface area (TPSA) is 81.0 Å². The first-order valence-corrected chi connectivity index (χ1v) is 10.9. The Morgan fingerprint density at radius 1 is 1.13 bits per heavy atom. The fraction of sp³-hybridized carbons (Fsp3) is 0.136. The van der Waals surface area contributed by atoms with Crippen LogP contribution in [0.3, 0.4) is 0 Å². The highest BCUT2D eigenvalue weighted by molar-refractivity contribution is 9.10. The Hall–Kier alpha value is -2.84. The predicted octanol–water partition coefficient (Wildman–Crippen LogP) is 5.46. The molecule has 0 fully saturated rings. The number of thioether (sulfide) groups is 1. The van der Waals surface area contributed by atoms with Gasteiger partial charge in [0.25, 0.3) is 5.56 Å². The van der Waals surface area contributed by atoms with Gasteiger partial charge in [-0.05, 0) is 25.1 Å². The number of nitrogens with zero attached hydrogens (tertiary/aromatic N) is 2. The van der Waals surface area contributed by atoms with Crippen LogP contribution in [0.2, 0.25) is 0 Å². The molecule has 152 valence electrons. The van der Waals surface area contributed by atoms with Crippen molar-refractivity contribution in [3.63, 3.8) is 0 Å². The summed E-state index contributed by atoms with van der Waals surface area (Å²) in [6.07, 6.45) is 0. The zero-order chi connectivity index (χ0) is 21.1. The molecule has 0 amide bonds. The number of methoxy groups -OCH3 is 1. The molecule has 1 N–H and O–H groups in total. The Morgan fingerprint density at radius 2 is 1.93 bits per heavy atom. The summed E-state index contributed by atoms with van der Waals surface area (Å²) >= 11 is 4.87. The smallest absolute Gasteiger partial charge is 0.252 e. The standard InChI is InChI=1S/C22H18BrN3O3S/c1-13-18(24-21(29-13)16-10-15(23)8-9-19(16)28-2)12-30-22-25-17(11-20(27)26-22)14-6-4-3-5-7-14/h3-11H,12H2,1-2H3,(H,25,26,27). The van der Waals surface area contributed by atoms with E-state index in [4.69, 9.17) is 9.15 Å². The van der Waals surface area contributed by atoms with Crippen molar-refractivity contribution in [1.82, 2.24) is 15.0 Å². The summed E-state index contributed by atoms with van der Waals surface area (Å²) < 4.78 is 12.2. The Balaban J connectivity index is 1.58. The van der Waals surface area contributed by atoms with Crippen molar-refractivity contribution in [1.29, 1.82) is 0 Å². The normalized spacial score (nSPS) is 10.9. The van der Waals surface area contributed by atoms with E-state index in [9.17, 15) is 4.79 Å². The highest BCUT2D eigenvalue weighted by Crippen LogP contribution is 2.34. The second kappa shape index (κ2) is 8.89. The Morgan fingerprint density at radius 3 is 2.70 bits per heavy atom. The summed E-state index contributed by atoms with van der Waals surface area (Å²) in [4.78, 5) is 24.1. The molecule has 0 aliphatic heterocycles. The van der Waals surface area contributed by atoms with E-state index in [-0.39, 0.29) is 5.56 Å². The number of halogens is 1. The van der Waals surface area contributed by atoms with Gasteiger partial charge in [0.2, 0.25) is 5.89 Å². The molecule has 30 heavy (non-hydrogen) atoms. The number of aromatic amines is 1. The van der Waals surface area contributed by atoms with Crippen LogP contribution in [0.25, 0.3) is 22.7 Å². The molecule has 0 atom stereocenters. The second-order valence-corrected chi connectivity index (χ2v) is 8.34. The van der Waals surface area contributed by atoms with Gasteiger partial charge < -0.3 is 14.1 Å². The molecule has 0 aliphatic rings. The van der Waals surface area contributed by atoms with Crippen LogP contribution in [0.5, 0.6) is 5.75 Å². The summed E-state index contributed by atoms with van der Waals surface area (Å²) in [5, 5.41) is 0.533. The number of benzene rings is 2. The van der Waals surface area contributed by atoms with E-state index in [1.165, 1.54) is 17.8 Å². The fourth-order valence-electron chi connectivity index (χ4n) is 2.92. The van der Waals surface area contributed by atoms with Gasteiger partial charge in [-0.2, -0.15) is 0 Å². The van der Waals surface area contributed by atoms with Gasteiger partial charge in [0.05, 0.1) is 24.1 Å². The first kappa shape index (κ1) is 20.4. The molecule has 8 heteroatoms. The molecule has 4 rings (SSSR count). The highest BCUT2D eigenvalue weighted by Gasteiger charge is 2.16. The van der Waals surface area contributed by atoms with Crippen LogP contribution in [-0.2, 0) is 5.75 Å². The molecule has 0 bridgehead atoms. The maximum atomic E-state index is 12.1. The number of ether oxygens (including phenoxy) is 1. The second-order valence-electron chi connectivity index (χ2n) is 6.46. The maximum Gasteiger partial charge on any atom is 0.252 e. The van der Waals surface area contributed by atoms with Crippen LogP contribution in [0.15, 0.2) is 73.4 Å². The Labute approximate surface area is 185 Å². The van der Waals surface area contributed by atoms with E-state index < -0.39 is 0 Å². The molecule has 0 aliphatic carbocycles. The Bertz CT molecular complexity index is 1240. The van der Waals surface area contributed by atoms with E-state index in [2.05, 4.69) is 30.9 Å². The summed E-state index contributed by atoms with van der Waals surface area (Å²) in [5.74, 6) is 2.38. The molecule has 6 nitrogen and oxygen atoms in total. The minimum absolute atomic E-state index is 0.192. The lowest BCUT2D eigenvalue weighted by atomic mass is 10.1. The lowest BCUT2D eigenvalue weighted by molar-refractivity contribution is 0.414. The van der Waals surface area contributed by atoms with Crippen molar-refractivity contribution in [2.24, 2.45) is 0 Å². The quantitative estimate of drug-likeness (QED) is 0.289. The van der Waals surface area contributed by atoms with Crippen LogP contribution in [0.1, 0.15) is 11.5 Å². The predicted molar refractivity (Wildman–Crippen MR) is 121 cm³/mol. The number of aromatic nitrogens is 3. The molecule has 2 aromatic heterocycles. The average molecular weight is 484 g/mol. The number of hydrogen-bond donors (Lipinski definition) is 1. The van der Waals surface area contributed by atoms with Crippen LogP contribution in [-0.4, -0.2) is 22.1 Å². The zero-order valence-corrected chi connectivity index (χ0v) is 18.7. The van der Waals surface area contributed by atoms with Crippen molar-refractivity contribution in [2.75, 3.05) is 7.11 Å². The summed E-state index contributed by atoms with van der Waals surface area (Å²) in [5.41, 5.74) is 2.89. The monoisotopic (exact) mass is 483 g/mol. The van der Waals surface area contributed by atoms with Gasteiger partial charge in [-0.25, -0.2) is 9.97 Å². The average Bonchev–Trinajstić information content (AvgIpc) is 3.13. The lowest BCUT2D eigenvalue weighted by Crippen LogP contribution is -2.08. The van der Waals surface area contributed by atoms with E-state index in [0.717, 1.165) is 21.3 Å². The van der Waals surface area contributed by atoms with Gasteiger partial charge in [0.1, 0.15) is 11.5 Å². The van der Waals surface area contributed by atoms with Crippen LogP contribution >= 0.6 is 27.7 Å². The van der Waals surface area contributed by atoms with Crippen molar-refractivity contribution in [3.05, 3.63) is 80.9 Å².